The van der Waals surface area contributed by atoms with Crippen molar-refractivity contribution >= 4 is 28.3 Å². The van der Waals surface area contributed by atoms with E-state index in [0.717, 1.165) is 23.8 Å². The first-order valence-electron chi connectivity index (χ1n) is 14.6. The fourth-order valence-electron chi connectivity index (χ4n) is 5.29. The van der Waals surface area contributed by atoms with Crippen molar-refractivity contribution < 1.29 is 23.7 Å². The molecule has 4 heterocycles. The van der Waals surface area contributed by atoms with Crippen LogP contribution in [0, 0.1) is 0 Å². The molecule has 2 N–H and O–H groups in total. The maximum atomic E-state index is 14.2. The van der Waals surface area contributed by atoms with Gasteiger partial charge in [0.2, 0.25) is 0 Å². The van der Waals surface area contributed by atoms with Gasteiger partial charge in [-0.2, -0.15) is 0 Å². The summed E-state index contributed by atoms with van der Waals surface area (Å²) in [5, 5.41) is 4.13. The number of aromatic nitrogens is 3. The van der Waals surface area contributed by atoms with Gasteiger partial charge in [-0.15, -0.1) is 0 Å². The number of methoxy groups -OCH3 is 2. The van der Waals surface area contributed by atoms with E-state index in [0.29, 0.717) is 53.2 Å². The highest BCUT2D eigenvalue weighted by Gasteiger charge is 2.26. The molecule has 230 valence electrons. The summed E-state index contributed by atoms with van der Waals surface area (Å²) in [6.45, 7) is 1.45. The molecule has 11 heteroatoms. The van der Waals surface area contributed by atoms with Gasteiger partial charge in [0.05, 0.1) is 38.2 Å². The molecule has 3 aromatic heterocycles. The molecule has 1 amide bonds. The number of pyridine rings is 3. The number of anilines is 2. The van der Waals surface area contributed by atoms with Gasteiger partial charge in [-0.05, 0) is 48.7 Å². The fourth-order valence-corrected chi connectivity index (χ4v) is 5.29. The summed E-state index contributed by atoms with van der Waals surface area (Å²) in [5.74, 6) is 2.00. The molecular formula is C34H33N5O6. The van der Waals surface area contributed by atoms with Crippen molar-refractivity contribution in [2.45, 2.75) is 25.4 Å². The van der Waals surface area contributed by atoms with Crippen LogP contribution in [0.2, 0.25) is 0 Å². The number of carbonyl (C=O) groups excluding carboxylic acids is 1. The van der Waals surface area contributed by atoms with Gasteiger partial charge in [-0.25, -0.2) is 4.98 Å². The number of carbonyl (C=O) groups is 1. The molecule has 0 aliphatic carbocycles. The second-order valence-corrected chi connectivity index (χ2v) is 10.5. The fraction of sp³-hybridized carbons (Fsp3) is 0.235. The normalized spacial score (nSPS) is 13.3. The lowest BCUT2D eigenvalue weighted by atomic mass is 10.1. The summed E-state index contributed by atoms with van der Waals surface area (Å²) in [5.41, 5.74) is 1.58. The second-order valence-electron chi connectivity index (χ2n) is 10.5. The smallest absolute Gasteiger partial charge is 0.267 e. The van der Waals surface area contributed by atoms with Gasteiger partial charge < -0.3 is 29.2 Å². The van der Waals surface area contributed by atoms with E-state index in [2.05, 4.69) is 20.3 Å². The average molecular weight is 608 g/mol. The lowest BCUT2D eigenvalue weighted by Crippen LogP contribution is -2.37. The maximum Gasteiger partial charge on any atom is 0.267 e. The van der Waals surface area contributed by atoms with Crippen LogP contribution in [-0.4, -0.2) is 54.3 Å². The Kier molecular flexibility index (Phi) is 8.88. The molecule has 0 spiro atoms. The van der Waals surface area contributed by atoms with E-state index in [1.54, 1.807) is 63.1 Å². The third-order valence-electron chi connectivity index (χ3n) is 7.62. The van der Waals surface area contributed by atoms with Crippen LogP contribution < -0.4 is 30.0 Å². The highest BCUT2D eigenvalue weighted by molar-refractivity contribution is 6.08. The van der Waals surface area contributed by atoms with Gasteiger partial charge in [0.25, 0.3) is 11.5 Å². The predicted molar refractivity (Wildman–Crippen MR) is 171 cm³/mol. The second kappa shape index (κ2) is 13.5. The van der Waals surface area contributed by atoms with Crippen LogP contribution in [-0.2, 0) is 11.3 Å². The number of amides is 1. The summed E-state index contributed by atoms with van der Waals surface area (Å²) < 4.78 is 22.6. The summed E-state index contributed by atoms with van der Waals surface area (Å²) in [6.07, 6.45) is 6.30. The van der Waals surface area contributed by atoms with Gasteiger partial charge >= 0.3 is 0 Å². The van der Waals surface area contributed by atoms with E-state index in [9.17, 15) is 9.59 Å². The molecule has 0 unspecified atom stereocenters. The molecular weight excluding hydrogens is 574 g/mol. The molecule has 2 aromatic carbocycles. The number of hydrogen-bond donors (Lipinski definition) is 2. The van der Waals surface area contributed by atoms with Crippen LogP contribution in [0.4, 0.5) is 11.5 Å². The molecule has 45 heavy (non-hydrogen) atoms. The zero-order chi connectivity index (χ0) is 31.2. The van der Waals surface area contributed by atoms with Crippen molar-refractivity contribution in [1.29, 1.82) is 0 Å². The first-order valence-corrected chi connectivity index (χ1v) is 14.6. The average Bonchev–Trinajstić information content (AvgIpc) is 3.08. The molecule has 0 atom stereocenters. The summed E-state index contributed by atoms with van der Waals surface area (Å²) >= 11 is 0. The lowest BCUT2D eigenvalue weighted by molar-refractivity contribution is 0.0904. The Morgan fingerprint density at radius 1 is 0.978 bits per heavy atom. The number of H-pyrrole nitrogens is 1. The van der Waals surface area contributed by atoms with Crippen LogP contribution in [0.25, 0.3) is 10.9 Å². The SMILES string of the molecule is COc1cc2nccc(Oc3ccc(N(Cc4ccccc4)C(=O)c4c(NC5CCOCC5)cc[nH]c4=O)nc3)c2cc1OC. The Morgan fingerprint density at radius 2 is 1.76 bits per heavy atom. The molecule has 1 saturated heterocycles. The minimum absolute atomic E-state index is 0.0229. The van der Waals surface area contributed by atoms with Crippen molar-refractivity contribution in [3.05, 3.63) is 107 Å². The Bertz CT molecular complexity index is 1840. The highest BCUT2D eigenvalue weighted by atomic mass is 16.5. The third kappa shape index (κ3) is 6.58. The van der Waals surface area contributed by atoms with Gasteiger partial charge in [-0.3, -0.25) is 19.5 Å². The lowest BCUT2D eigenvalue weighted by Gasteiger charge is -2.26. The van der Waals surface area contributed by atoms with E-state index >= 15 is 0 Å². The van der Waals surface area contributed by atoms with Crippen LogP contribution in [0.1, 0.15) is 28.8 Å². The number of fused-ring (bicyclic) bond motifs is 1. The monoisotopic (exact) mass is 607 g/mol. The highest BCUT2D eigenvalue weighted by Crippen LogP contribution is 2.37. The minimum atomic E-state index is -0.480. The van der Waals surface area contributed by atoms with Crippen LogP contribution in [0.3, 0.4) is 0 Å². The largest absolute Gasteiger partial charge is 0.493 e. The zero-order valence-corrected chi connectivity index (χ0v) is 25.0. The minimum Gasteiger partial charge on any atom is -0.493 e. The number of nitrogens with zero attached hydrogens (tertiary/aromatic N) is 3. The van der Waals surface area contributed by atoms with Crippen LogP contribution in [0.15, 0.2) is 90.1 Å². The van der Waals surface area contributed by atoms with Crippen molar-refractivity contribution in [2.75, 3.05) is 37.7 Å². The molecule has 1 aliphatic heterocycles. The summed E-state index contributed by atoms with van der Waals surface area (Å²) in [6, 6.07) is 20.1. The summed E-state index contributed by atoms with van der Waals surface area (Å²) in [4.78, 5) is 40.5. The molecule has 1 fully saturated rings. The molecule has 0 bridgehead atoms. The topological polar surface area (TPSA) is 128 Å². The number of nitrogens with one attached hydrogen (secondary N) is 2. The summed E-state index contributed by atoms with van der Waals surface area (Å²) in [7, 11) is 3.14. The first-order chi connectivity index (χ1) is 22.0. The van der Waals surface area contributed by atoms with Gasteiger partial charge in [0.1, 0.15) is 22.9 Å². The van der Waals surface area contributed by atoms with E-state index < -0.39 is 11.5 Å². The number of rotatable bonds is 10. The van der Waals surface area contributed by atoms with E-state index in [1.165, 1.54) is 4.90 Å². The predicted octanol–water partition coefficient (Wildman–Crippen LogP) is 5.57. The van der Waals surface area contributed by atoms with Gasteiger partial charge in [-0.1, -0.05) is 30.3 Å². The van der Waals surface area contributed by atoms with Crippen LogP contribution in [0.5, 0.6) is 23.0 Å². The first kappa shape index (κ1) is 29.6. The molecule has 1 aliphatic rings. The molecule has 5 aromatic rings. The quantitative estimate of drug-likeness (QED) is 0.210. The van der Waals surface area contributed by atoms with Crippen molar-refractivity contribution in [2.24, 2.45) is 0 Å². The standard InChI is InChI=1S/C34H33N5O6/c1-42-29-18-25-27(19-30(29)43-2)35-15-11-28(25)45-24-8-9-31(37-20-24)39(21-22-6-4-3-5-7-22)34(41)32-26(10-14-36-33(32)40)38-23-12-16-44-17-13-23/h3-11,14-15,18-20,23H,12-13,16-17,21H2,1-2H3,(H2,36,38,40). The van der Waals surface area contributed by atoms with E-state index in [1.807, 2.05) is 36.4 Å². The molecule has 0 radical (unpaired) electrons. The molecule has 0 saturated carbocycles. The van der Waals surface area contributed by atoms with Gasteiger partial charge in [0, 0.05) is 43.1 Å². The Labute approximate surface area is 259 Å². The van der Waals surface area contributed by atoms with Crippen molar-refractivity contribution in [3.8, 4) is 23.0 Å². The molecule has 11 nitrogen and oxygen atoms in total. The zero-order valence-electron chi connectivity index (χ0n) is 25.0. The maximum absolute atomic E-state index is 14.2. The van der Waals surface area contributed by atoms with E-state index in [4.69, 9.17) is 18.9 Å². The van der Waals surface area contributed by atoms with Crippen LogP contribution >= 0.6 is 0 Å². The number of aromatic amines is 1. The number of benzene rings is 2. The van der Waals surface area contributed by atoms with Crippen molar-refractivity contribution in [1.82, 2.24) is 15.0 Å². The van der Waals surface area contributed by atoms with E-state index in [-0.39, 0.29) is 18.2 Å². The number of ether oxygens (including phenoxy) is 4. The third-order valence-corrected chi connectivity index (χ3v) is 7.62. The number of hydrogen-bond acceptors (Lipinski definition) is 9. The Balaban J connectivity index is 1.32. The Hall–Kier alpha value is -5.42. The molecule has 6 rings (SSSR count). The Morgan fingerprint density at radius 3 is 2.49 bits per heavy atom. The van der Waals surface area contributed by atoms with Crippen molar-refractivity contribution in [3.63, 3.8) is 0 Å². The van der Waals surface area contributed by atoms with Gasteiger partial charge in [0.15, 0.2) is 11.5 Å².